The van der Waals surface area contributed by atoms with E-state index < -0.39 is 0 Å². The summed E-state index contributed by atoms with van der Waals surface area (Å²) in [6, 6.07) is 24.4. The number of unbranched alkanes of at least 4 members (excludes halogenated alkanes) is 6. The summed E-state index contributed by atoms with van der Waals surface area (Å²) in [6.07, 6.45) is 28.3. The Morgan fingerprint density at radius 2 is 1.22 bits per heavy atom. The Morgan fingerprint density at radius 1 is 0.653 bits per heavy atom. The molecule has 0 saturated carbocycles. The summed E-state index contributed by atoms with van der Waals surface area (Å²) < 4.78 is 2.39. The molecule has 0 aliphatic carbocycles. The van der Waals surface area contributed by atoms with Gasteiger partial charge < -0.3 is 14.7 Å². The lowest BCUT2D eigenvalue weighted by Crippen LogP contribution is -2.36. The molecule has 0 N–H and O–H groups in total. The zero-order chi connectivity index (χ0) is 34.7. The van der Waals surface area contributed by atoms with Crippen LogP contribution in [0.25, 0.3) is 18.2 Å². The molecule has 0 radical (unpaired) electrons. The molecule has 6 heteroatoms. The highest BCUT2D eigenvalue weighted by Crippen LogP contribution is 2.25. The summed E-state index contributed by atoms with van der Waals surface area (Å²) in [5.74, 6) is 2.54. The Labute approximate surface area is 306 Å². The number of nitrogens with zero attached hydrogens (tertiary/aromatic N) is 4. The van der Waals surface area contributed by atoms with Crippen molar-refractivity contribution in [1.82, 2.24) is 4.90 Å². The zero-order valence-electron chi connectivity index (χ0n) is 30.6. The van der Waals surface area contributed by atoms with Gasteiger partial charge in [-0.25, -0.2) is 0 Å². The third kappa shape index (κ3) is 13.8. The summed E-state index contributed by atoms with van der Waals surface area (Å²) >= 11 is 0. The molecular formula is C43H59N4S2+. The molecule has 4 rings (SSSR count). The number of hydrogen-bond donors (Lipinski definition) is 0. The number of anilines is 2. The Morgan fingerprint density at radius 3 is 1.84 bits per heavy atom. The van der Waals surface area contributed by atoms with Crippen LogP contribution in [-0.4, -0.2) is 57.2 Å². The second kappa shape index (κ2) is 21.7. The molecule has 0 fully saturated rings. The van der Waals surface area contributed by atoms with E-state index in [0.29, 0.717) is 6.04 Å². The molecule has 0 amide bonds. The van der Waals surface area contributed by atoms with Gasteiger partial charge >= 0.3 is 0 Å². The minimum Gasteiger partial charge on any atom is -0.378 e. The lowest BCUT2D eigenvalue weighted by atomic mass is 10.1. The number of pyridine rings is 1. The van der Waals surface area contributed by atoms with E-state index >= 15 is 0 Å². The van der Waals surface area contributed by atoms with Gasteiger partial charge in [0.25, 0.3) is 0 Å². The Bertz CT molecular complexity index is 1490. The maximum Gasteiger partial charge on any atom is 0.205 e. The summed E-state index contributed by atoms with van der Waals surface area (Å²) in [4.78, 5) is 6.82. The number of allylic oxidation sites excluding steroid dienone is 3. The molecule has 3 aromatic rings. The number of benzene rings is 2. The summed E-state index contributed by atoms with van der Waals surface area (Å²) in [6.45, 7) is 4.51. The van der Waals surface area contributed by atoms with Crippen molar-refractivity contribution in [3.8, 4) is 0 Å². The van der Waals surface area contributed by atoms with Crippen LogP contribution in [0.3, 0.4) is 0 Å². The molecule has 1 unspecified atom stereocenters. The van der Waals surface area contributed by atoms with Gasteiger partial charge in [0.2, 0.25) is 5.69 Å². The standard InChI is InChI=1S/C43H59N4S2/c1-37-17-16-19-43(31-25-39-22-28-41(29-23-39)45(4)5)47(37)34-12-7-9-15-36-49-48-35-14-8-6-11-32-46-33-13-10-18-42(46)30-24-38-20-26-40(27-21-38)44(2)3/h10,13,16-31,33,37H,6-9,11-12,14-15,32,34-36H2,1-5H3/q+1/b31-25+. The lowest BCUT2D eigenvalue weighted by molar-refractivity contribution is -0.699. The summed E-state index contributed by atoms with van der Waals surface area (Å²) in [5, 5.41) is 0. The quantitative estimate of drug-likeness (QED) is 0.0623. The summed E-state index contributed by atoms with van der Waals surface area (Å²) in [5.41, 5.74) is 7.52. The van der Waals surface area contributed by atoms with E-state index in [1.54, 1.807) is 0 Å². The highest BCUT2D eigenvalue weighted by molar-refractivity contribution is 8.76. The molecule has 1 atom stereocenters. The fourth-order valence-electron chi connectivity index (χ4n) is 5.92. The van der Waals surface area contributed by atoms with Crippen LogP contribution < -0.4 is 14.4 Å². The van der Waals surface area contributed by atoms with Gasteiger partial charge in [0, 0.05) is 94.0 Å². The molecule has 1 aliphatic rings. The third-order valence-corrected chi connectivity index (χ3v) is 11.6. The maximum atomic E-state index is 2.55. The van der Waals surface area contributed by atoms with Crippen LogP contribution >= 0.6 is 21.6 Å². The first-order valence-corrected chi connectivity index (χ1v) is 20.7. The second-order valence-electron chi connectivity index (χ2n) is 13.3. The van der Waals surface area contributed by atoms with Gasteiger partial charge in [0.15, 0.2) is 6.20 Å². The van der Waals surface area contributed by atoms with Crippen LogP contribution in [0.4, 0.5) is 11.4 Å². The molecule has 49 heavy (non-hydrogen) atoms. The van der Waals surface area contributed by atoms with E-state index in [4.69, 9.17) is 0 Å². The van der Waals surface area contributed by atoms with Gasteiger partial charge in [0.1, 0.15) is 6.54 Å². The first-order chi connectivity index (χ1) is 23.9. The largest absolute Gasteiger partial charge is 0.378 e. The SMILES string of the molecule is CC1C=CC=C(/C=C/c2ccc(N(C)C)cc2)N1CCCCCCSSCCCCCC[n+]1ccccc1/C=C/c1ccc(N(C)C)cc1. The van der Waals surface area contributed by atoms with Gasteiger partial charge in [-0.3, -0.25) is 0 Å². The normalized spacial score (nSPS) is 14.6. The van der Waals surface area contributed by atoms with Crippen LogP contribution in [-0.2, 0) is 6.54 Å². The molecule has 0 saturated heterocycles. The molecular weight excluding hydrogens is 637 g/mol. The number of aryl methyl sites for hydroxylation is 1. The van der Waals surface area contributed by atoms with Crippen LogP contribution in [0.1, 0.15) is 75.1 Å². The van der Waals surface area contributed by atoms with Crippen molar-refractivity contribution in [3.05, 3.63) is 120 Å². The van der Waals surface area contributed by atoms with Gasteiger partial charge in [-0.2, -0.15) is 4.57 Å². The maximum absolute atomic E-state index is 2.55. The molecule has 2 aromatic carbocycles. The van der Waals surface area contributed by atoms with Gasteiger partial charge in [-0.15, -0.1) is 0 Å². The minimum absolute atomic E-state index is 0.446. The van der Waals surface area contributed by atoms with Crippen molar-refractivity contribution < 1.29 is 4.57 Å². The van der Waals surface area contributed by atoms with Crippen LogP contribution in [0.15, 0.2) is 103 Å². The van der Waals surface area contributed by atoms with E-state index in [0.717, 1.165) is 13.1 Å². The van der Waals surface area contributed by atoms with Gasteiger partial charge in [-0.1, -0.05) is 83.3 Å². The molecule has 4 nitrogen and oxygen atoms in total. The number of rotatable bonds is 21. The average molecular weight is 696 g/mol. The van der Waals surface area contributed by atoms with Crippen molar-refractivity contribution >= 4 is 51.2 Å². The van der Waals surface area contributed by atoms with Gasteiger partial charge in [0.05, 0.1) is 0 Å². The van der Waals surface area contributed by atoms with Crippen LogP contribution in [0.5, 0.6) is 0 Å². The first-order valence-electron chi connectivity index (χ1n) is 18.2. The highest BCUT2D eigenvalue weighted by Gasteiger charge is 2.15. The zero-order valence-corrected chi connectivity index (χ0v) is 32.3. The van der Waals surface area contributed by atoms with Crippen LogP contribution in [0.2, 0.25) is 0 Å². The van der Waals surface area contributed by atoms with Crippen molar-refractivity contribution in [2.45, 2.75) is 70.9 Å². The van der Waals surface area contributed by atoms with Crippen molar-refractivity contribution in [2.24, 2.45) is 0 Å². The topological polar surface area (TPSA) is 13.6 Å². The van der Waals surface area contributed by atoms with Crippen LogP contribution in [0, 0.1) is 0 Å². The molecule has 2 heterocycles. The average Bonchev–Trinajstić information content (AvgIpc) is 3.11. The molecule has 0 bridgehead atoms. The monoisotopic (exact) mass is 695 g/mol. The minimum atomic E-state index is 0.446. The molecule has 262 valence electrons. The first kappa shape index (κ1) is 38.5. The molecule has 0 spiro atoms. The van der Waals surface area contributed by atoms with Crippen molar-refractivity contribution in [1.29, 1.82) is 0 Å². The lowest BCUT2D eigenvalue weighted by Gasteiger charge is -2.32. The van der Waals surface area contributed by atoms with E-state index in [9.17, 15) is 0 Å². The molecule has 1 aliphatic heterocycles. The van der Waals surface area contributed by atoms with Gasteiger partial charge in [-0.05, 0) is 92.3 Å². The fraction of sp³-hybridized carbons (Fsp3) is 0.419. The van der Waals surface area contributed by atoms with E-state index in [1.165, 1.54) is 96.8 Å². The van der Waals surface area contributed by atoms with Crippen molar-refractivity contribution in [3.63, 3.8) is 0 Å². The summed E-state index contributed by atoms with van der Waals surface area (Å²) in [7, 11) is 12.5. The second-order valence-corrected chi connectivity index (χ2v) is 16.0. The number of aromatic nitrogens is 1. The fourth-order valence-corrected chi connectivity index (χ4v) is 8.21. The van der Waals surface area contributed by atoms with E-state index in [2.05, 4.69) is 191 Å². The smallest absolute Gasteiger partial charge is 0.205 e. The van der Waals surface area contributed by atoms with E-state index in [-0.39, 0.29) is 0 Å². The highest BCUT2D eigenvalue weighted by atomic mass is 33.1. The number of hydrogen-bond acceptors (Lipinski definition) is 5. The predicted molar refractivity (Wildman–Crippen MR) is 221 cm³/mol. The predicted octanol–water partition coefficient (Wildman–Crippen LogP) is 10.6. The Kier molecular flexibility index (Phi) is 17.0. The Hall–Kier alpha value is -3.35. The van der Waals surface area contributed by atoms with Crippen molar-refractivity contribution in [2.75, 3.05) is 56.0 Å². The molecule has 1 aromatic heterocycles. The third-order valence-electron chi connectivity index (χ3n) is 9.00. The Balaban J connectivity index is 1.02. The van der Waals surface area contributed by atoms with E-state index in [1.807, 2.05) is 0 Å².